The number of nitrogens with one attached hydrogen (secondary N) is 1. The van der Waals surface area contributed by atoms with E-state index in [9.17, 15) is 14.4 Å². The number of hydrogen-bond donors (Lipinski definition) is 1. The van der Waals surface area contributed by atoms with Crippen molar-refractivity contribution in [3.63, 3.8) is 0 Å². The lowest BCUT2D eigenvalue weighted by Crippen LogP contribution is -2.57. The Morgan fingerprint density at radius 3 is 1.70 bits per heavy atom. The van der Waals surface area contributed by atoms with E-state index < -0.39 is 45.3 Å². The molecule has 0 aromatic heterocycles. The van der Waals surface area contributed by atoms with Gasteiger partial charge in [0, 0.05) is 5.69 Å². The van der Waals surface area contributed by atoms with Crippen LogP contribution in [-0.2, 0) is 24.1 Å². The molecule has 47 heavy (non-hydrogen) atoms. The summed E-state index contributed by atoms with van der Waals surface area (Å²) in [6.45, 7) is 9.91. The summed E-state index contributed by atoms with van der Waals surface area (Å²) in [7, 11) is 0. The van der Waals surface area contributed by atoms with Gasteiger partial charge in [0.25, 0.3) is 0 Å². The van der Waals surface area contributed by atoms with Crippen molar-refractivity contribution in [3.05, 3.63) is 124 Å². The van der Waals surface area contributed by atoms with Crippen molar-refractivity contribution in [3.8, 4) is 11.5 Å². The van der Waals surface area contributed by atoms with Gasteiger partial charge in [-0.05, 0) is 82.5 Å². The van der Waals surface area contributed by atoms with E-state index in [4.69, 9.17) is 27.9 Å². The minimum absolute atomic E-state index is 0.290. The van der Waals surface area contributed by atoms with E-state index >= 15 is 0 Å². The number of nitrogens with zero attached hydrogens (tertiary/aromatic N) is 1. The third kappa shape index (κ3) is 4.56. The Hall–Kier alpha value is -4.13. The lowest BCUT2D eigenvalue weighted by Gasteiger charge is -2.54. The van der Waals surface area contributed by atoms with Crippen molar-refractivity contribution < 1.29 is 19.1 Å². The molecule has 1 fully saturated rings. The molecule has 6 nitrogen and oxygen atoms in total. The standard InChI is InChI=1S/C39H36Cl2N2O4/c1-21(2)26-19-14-23(5)20-31(26)47-25-17-15-24(16-18-25)42-35(44)34(22(3)4)43-36(45)32-33(37(43)46)39(41)28-11-7-6-10-27(28)38(32,40)29-12-8-9-13-30(29)39/h6-22,32-34H,1-5H3,(H,42,44)/t32-,33-,34-,38?,39?/m0/s1. The fraction of sp³-hybridized carbons (Fsp3) is 0.308. The van der Waals surface area contributed by atoms with Gasteiger partial charge in [-0.2, -0.15) is 0 Å². The molecule has 4 aromatic rings. The van der Waals surface area contributed by atoms with Crippen LogP contribution in [0.15, 0.2) is 91.0 Å². The van der Waals surface area contributed by atoms with Crippen molar-refractivity contribution in [1.29, 1.82) is 0 Å². The molecule has 3 aliphatic carbocycles. The van der Waals surface area contributed by atoms with E-state index in [0.29, 0.717) is 11.4 Å². The Morgan fingerprint density at radius 1 is 0.766 bits per heavy atom. The molecule has 3 atom stereocenters. The quantitative estimate of drug-likeness (QED) is 0.159. The largest absolute Gasteiger partial charge is 0.457 e. The van der Waals surface area contributed by atoms with Gasteiger partial charge in [-0.3, -0.25) is 19.3 Å². The Kier molecular flexibility index (Phi) is 7.53. The van der Waals surface area contributed by atoms with Crippen molar-refractivity contribution in [2.75, 3.05) is 5.32 Å². The number of rotatable bonds is 7. The highest BCUT2D eigenvalue weighted by Gasteiger charge is 2.73. The molecule has 0 saturated carbocycles. The monoisotopic (exact) mass is 666 g/mol. The van der Waals surface area contributed by atoms with Crippen molar-refractivity contribution >= 4 is 46.6 Å². The van der Waals surface area contributed by atoms with Gasteiger partial charge in [-0.25, -0.2) is 0 Å². The average molecular weight is 668 g/mol. The number of carbonyl (C=O) groups is 3. The molecule has 1 heterocycles. The van der Waals surface area contributed by atoms with Crippen LogP contribution < -0.4 is 10.1 Å². The average Bonchev–Trinajstić information content (AvgIpc) is 3.31. The van der Waals surface area contributed by atoms with Crippen LogP contribution in [0.1, 0.15) is 67.0 Å². The van der Waals surface area contributed by atoms with Gasteiger partial charge in [0.05, 0.1) is 11.8 Å². The van der Waals surface area contributed by atoms with E-state index in [-0.39, 0.29) is 11.8 Å². The lowest BCUT2D eigenvalue weighted by atomic mass is 9.54. The molecule has 8 heteroatoms. The Labute approximate surface area is 285 Å². The molecule has 1 N–H and O–H groups in total. The van der Waals surface area contributed by atoms with Crippen LogP contribution in [0, 0.1) is 24.7 Å². The maximum absolute atomic E-state index is 14.5. The molecule has 3 amide bonds. The molecular formula is C39H36Cl2N2O4. The normalized spacial score (nSPS) is 24.7. The summed E-state index contributed by atoms with van der Waals surface area (Å²) in [5.74, 6) is -2.07. The minimum Gasteiger partial charge on any atom is -0.457 e. The molecule has 1 aliphatic heterocycles. The fourth-order valence-electron chi connectivity index (χ4n) is 7.84. The highest BCUT2D eigenvalue weighted by atomic mass is 35.5. The Morgan fingerprint density at radius 2 is 1.26 bits per heavy atom. The number of benzene rings is 4. The smallest absolute Gasteiger partial charge is 0.247 e. The zero-order valence-corrected chi connectivity index (χ0v) is 28.4. The predicted octanol–water partition coefficient (Wildman–Crippen LogP) is 8.47. The second-order valence-electron chi connectivity index (χ2n) is 13.5. The Bertz CT molecular complexity index is 1810. The molecule has 0 radical (unpaired) electrons. The minimum atomic E-state index is -1.31. The van der Waals surface area contributed by atoms with E-state index in [1.54, 1.807) is 24.3 Å². The summed E-state index contributed by atoms with van der Waals surface area (Å²) in [6.07, 6.45) is 0. The third-order valence-corrected chi connectivity index (χ3v) is 11.2. The van der Waals surface area contributed by atoms with E-state index in [1.165, 1.54) is 0 Å². The molecular weight excluding hydrogens is 631 g/mol. The number of carbonyl (C=O) groups excluding carboxylic acids is 3. The summed E-state index contributed by atoms with van der Waals surface area (Å²) in [4.78, 5) is 41.5. The summed E-state index contributed by atoms with van der Waals surface area (Å²) >= 11 is 15.2. The maximum atomic E-state index is 14.5. The number of imide groups is 1. The molecule has 1 saturated heterocycles. The first kappa shape index (κ1) is 31.5. The molecule has 240 valence electrons. The second kappa shape index (κ2) is 11.2. The first-order valence-electron chi connectivity index (χ1n) is 16.0. The fourth-order valence-corrected chi connectivity index (χ4v) is 8.94. The molecule has 8 rings (SSSR count). The van der Waals surface area contributed by atoms with Crippen molar-refractivity contribution in [1.82, 2.24) is 4.90 Å². The van der Waals surface area contributed by atoms with Gasteiger partial charge in [0.1, 0.15) is 27.3 Å². The van der Waals surface area contributed by atoms with Crippen molar-refractivity contribution in [2.45, 2.75) is 56.3 Å². The topological polar surface area (TPSA) is 75.7 Å². The molecule has 0 unspecified atom stereocenters. The van der Waals surface area contributed by atoms with Gasteiger partial charge >= 0.3 is 0 Å². The lowest BCUT2D eigenvalue weighted by molar-refractivity contribution is -0.148. The van der Waals surface area contributed by atoms with Crippen LogP contribution in [0.3, 0.4) is 0 Å². The zero-order chi connectivity index (χ0) is 33.4. The highest BCUT2D eigenvalue weighted by Crippen LogP contribution is 2.69. The van der Waals surface area contributed by atoms with Crippen LogP contribution in [0.4, 0.5) is 5.69 Å². The van der Waals surface area contributed by atoms with Gasteiger partial charge in [0.2, 0.25) is 17.7 Å². The second-order valence-corrected chi connectivity index (χ2v) is 14.7. The van der Waals surface area contributed by atoms with Crippen LogP contribution in [-0.4, -0.2) is 28.7 Å². The number of alkyl halides is 2. The maximum Gasteiger partial charge on any atom is 0.247 e. The molecule has 0 spiro atoms. The highest BCUT2D eigenvalue weighted by molar-refractivity contribution is 6.36. The number of likely N-dealkylation sites (tertiary alicyclic amines) is 1. The number of amides is 3. The number of ether oxygens (including phenoxy) is 1. The summed E-state index contributed by atoms with van der Waals surface area (Å²) in [6, 6.07) is 27.1. The molecule has 2 bridgehead atoms. The third-order valence-electron chi connectivity index (χ3n) is 9.94. The summed E-state index contributed by atoms with van der Waals surface area (Å²) in [5.41, 5.74) is 5.60. The van der Waals surface area contributed by atoms with Gasteiger partial charge in [0.15, 0.2) is 0 Å². The first-order chi connectivity index (χ1) is 22.4. The van der Waals surface area contributed by atoms with E-state index in [1.807, 2.05) is 75.4 Å². The van der Waals surface area contributed by atoms with Crippen LogP contribution in [0.5, 0.6) is 11.5 Å². The van der Waals surface area contributed by atoms with E-state index in [2.05, 4.69) is 31.3 Å². The Balaban J connectivity index is 1.19. The van der Waals surface area contributed by atoms with E-state index in [0.717, 1.165) is 44.0 Å². The van der Waals surface area contributed by atoms with Crippen molar-refractivity contribution in [2.24, 2.45) is 17.8 Å². The number of anilines is 1. The van der Waals surface area contributed by atoms with Gasteiger partial charge in [-0.1, -0.05) is 88.4 Å². The van der Waals surface area contributed by atoms with Crippen LogP contribution in [0.25, 0.3) is 0 Å². The van der Waals surface area contributed by atoms with Crippen LogP contribution in [0.2, 0.25) is 0 Å². The summed E-state index contributed by atoms with van der Waals surface area (Å²) in [5, 5.41) is 2.94. The number of halogens is 2. The SMILES string of the molecule is Cc1ccc(C(C)C)c(Oc2ccc(NC(=O)[C@H](C(C)C)N3C(=O)[C@@H]4[C@@H](C3=O)C3(Cl)c5ccccc5C4(Cl)c4ccccc43)cc2)c1. The number of hydrogen-bond acceptors (Lipinski definition) is 4. The molecule has 4 aliphatic rings. The molecule has 4 aromatic carbocycles. The predicted molar refractivity (Wildman–Crippen MR) is 184 cm³/mol. The van der Waals surface area contributed by atoms with Gasteiger partial charge < -0.3 is 10.1 Å². The zero-order valence-electron chi connectivity index (χ0n) is 26.9. The number of aryl methyl sites for hydroxylation is 1. The first-order valence-corrected chi connectivity index (χ1v) is 16.8. The summed E-state index contributed by atoms with van der Waals surface area (Å²) < 4.78 is 6.22. The van der Waals surface area contributed by atoms with Gasteiger partial charge in [-0.15, -0.1) is 23.2 Å². The van der Waals surface area contributed by atoms with Crippen LogP contribution >= 0.6 is 23.2 Å².